The van der Waals surface area contributed by atoms with Crippen LogP contribution in [0, 0.1) is 0 Å². The number of anilines is 2. The molecule has 7 N–H and O–H groups in total. The smallest absolute Gasteiger partial charge is 0.351 e. The lowest BCUT2D eigenvalue weighted by Gasteiger charge is -2.16. The number of ether oxygens (including phenoxy) is 4. The van der Waals surface area contributed by atoms with Gasteiger partial charge >= 0.3 is 11.4 Å². The summed E-state index contributed by atoms with van der Waals surface area (Å²) in [7, 11) is 3.24. The highest BCUT2D eigenvalue weighted by Crippen LogP contribution is 2.28. The van der Waals surface area contributed by atoms with E-state index < -0.39 is 42.1 Å². The van der Waals surface area contributed by atoms with Crippen molar-refractivity contribution in [3.05, 3.63) is 81.4 Å². The molecule has 262 valence electrons. The van der Waals surface area contributed by atoms with Crippen LogP contribution in [0.15, 0.2) is 64.4 Å². The molecule has 0 aliphatic carbocycles. The standard InChI is InChI=1S/C19H24N4O5.C12H20N4O4/c1-27-10-8-20-12-15-14(24)11-17(28-15)23-9-7-16(22-19(23)26)21-18(25)13-5-3-2-4-6-13;1-19-5-3-14-7-9-8(17)6-11(20-9)16-4-2-10(13)15-12(16)18/h2-7,9,14-15,17,20,24H,8,10-12H2,1H3,(H,21,22,25,26);2,4,8-9,11,14,17H,3,5-7H2,1H3,(H2,13,15,18)/t14-,15+,17+;8-,9+,11+/m00/s1. The molecule has 2 fully saturated rings. The van der Waals surface area contributed by atoms with Crippen LogP contribution in [0.25, 0.3) is 0 Å². The van der Waals surface area contributed by atoms with Gasteiger partial charge in [0.15, 0.2) is 0 Å². The first-order valence-corrected chi connectivity index (χ1v) is 15.6. The summed E-state index contributed by atoms with van der Waals surface area (Å²) in [6.07, 6.45) is 0.451. The predicted octanol–water partition coefficient (Wildman–Crippen LogP) is -0.910. The molecule has 0 bridgehead atoms. The number of aromatic nitrogens is 4. The van der Waals surface area contributed by atoms with Crippen molar-refractivity contribution in [2.45, 2.75) is 49.7 Å². The molecule has 0 spiro atoms. The Balaban J connectivity index is 0.000000229. The number of aliphatic hydroxyl groups is 2. The SMILES string of the molecule is COCCNC[C@H]1O[C@@H](n2ccc(N)nc2=O)C[C@@H]1O.COCCNC[C@H]1O[C@@H](n2ccc(NC(=O)c3ccccc3)nc2=O)C[C@@H]1O. The fraction of sp³-hybridized carbons (Fsp3) is 0.516. The third-order valence-electron chi connectivity index (χ3n) is 7.64. The molecule has 5 rings (SSSR count). The Kier molecular flexibility index (Phi) is 14.1. The molecule has 17 nitrogen and oxygen atoms in total. The second-order valence-corrected chi connectivity index (χ2v) is 11.1. The third kappa shape index (κ3) is 10.5. The van der Waals surface area contributed by atoms with Crippen molar-refractivity contribution < 1.29 is 34.0 Å². The first-order chi connectivity index (χ1) is 23.2. The molecular formula is C31H44N8O9. The van der Waals surface area contributed by atoms with Crippen LogP contribution < -0.4 is 33.1 Å². The van der Waals surface area contributed by atoms with E-state index in [1.807, 2.05) is 6.07 Å². The van der Waals surface area contributed by atoms with Crippen molar-refractivity contribution in [2.75, 3.05) is 64.7 Å². The monoisotopic (exact) mass is 672 g/mol. The zero-order valence-corrected chi connectivity index (χ0v) is 26.9. The van der Waals surface area contributed by atoms with Gasteiger partial charge in [0, 0.05) is 71.2 Å². The number of amides is 1. The Bertz CT molecular complexity index is 1560. The minimum absolute atomic E-state index is 0.159. The van der Waals surface area contributed by atoms with Crippen LogP contribution in [0.2, 0.25) is 0 Å². The number of aliphatic hydroxyl groups excluding tert-OH is 2. The number of nitrogens with one attached hydrogen (secondary N) is 3. The molecule has 0 unspecified atom stereocenters. The average Bonchev–Trinajstić information content (AvgIpc) is 3.63. The maximum Gasteiger partial charge on any atom is 0.351 e. The summed E-state index contributed by atoms with van der Waals surface area (Å²) in [5.41, 5.74) is 4.87. The number of rotatable bonds is 14. The number of methoxy groups -OCH3 is 2. The number of hydrogen-bond donors (Lipinski definition) is 6. The van der Waals surface area contributed by atoms with Crippen LogP contribution in [0.1, 0.15) is 35.7 Å². The molecule has 6 atom stereocenters. The van der Waals surface area contributed by atoms with Gasteiger partial charge in [-0.15, -0.1) is 0 Å². The van der Waals surface area contributed by atoms with E-state index >= 15 is 0 Å². The van der Waals surface area contributed by atoms with Gasteiger partial charge in [-0.1, -0.05) is 18.2 Å². The molecule has 0 radical (unpaired) electrons. The van der Waals surface area contributed by atoms with E-state index in [0.717, 1.165) is 0 Å². The number of benzene rings is 1. The summed E-state index contributed by atoms with van der Waals surface area (Å²) in [5.74, 6) is -0.0194. The van der Waals surface area contributed by atoms with Crippen LogP contribution in [0.3, 0.4) is 0 Å². The van der Waals surface area contributed by atoms with Crippen molar-refractivity contribution >= 4 is 17.5 Å². The van der Waals surface area contributed by atoms with E-state index in [0.29, 0.717) is 51.4 Å². The first-order valence-electron chi connectivity index (χ1n) is 15.6. The van der Waals surface area contributed by atoms with Crippen molar-refractivity contribution in [2.24, 2.45) is 0 Å². The van der Waals surface area contributed by atoms with Gasteiger partial charge in [-0.25, -0.2) is 9.59 Å². The molecule has 4 heterocycles. The largest absolute Gasteiger partial charge is 0.390 e. The molecule has 17 heteroatoms. The summed E-state index contributed by atoms with van der Waals surface area (Å²) in [6.45, 7) is 3.42. The fourth-order valence-corrected chi connectivity index (χ4v) is 5.10. The predicted molar refractivity (Wildman–Crippen MR) is 174 cm³/mol. The van der Waals surface area contributed by atoms with Gasteiger partial charge < -0.3 is 50.8 Å². The number of nitrogen functional groups attached to an aromatic ring is 1. The van der Waals surface area contributed by atoms with E-state index in [1.54, 1.807) is 38.5 Å². The zero-order valence-electron chi connectivity index (χ0n) is 26.9. The minimum atomic E-state index is -0.690. The average molecular weight is 673 g/mol. The number of nitrogens with two attached hydrogens (primary N) is 1. The maximum atomic E-state index is 12.4. The number of nitrogens with zero attached hydrogens (tertiary/aromatic N) is 4. The van der Waals surface area contributed by atoms with E-state index in [4.69, 9.17) is 24.7 Å². The molecular weight excluding hydrogens is 628 g/mol. The van der Waals surface area contributed by atoms with Crippen LogP contribution in [0.5, 0.6) is 0 Å². The van der Waals surface area contributed by atoms with Gasteiger partial charge in [-0.3, -0.25) is 13.9 Å². The molecule has 0 saturated carbocycles. The number of carbonyl (C=O) groups is 1. The van der Waals surface area contributed by atoms with Gasteiger partial charge in [-0.2, -0.15) is 9.97 Å². The Morgan fingerprint density at radius 1 is 0.854 bits per heavy atom. The van der Waals surface area contributed by atoms with Crippen LogP contribution >= 0.6 is 0 Å². The van der Waals surface area contributed by atoms with Crippen molar-refractivity contribution in [1.29, 1.82) is 0 Å². The Morgan fingerprint density at radius 3 is 1.88 bits per heavy atom. The molecule has 2 saturated heterocycles. The highest BCUT2D eigenvalue weighted by Gasteiger charge is 2.36. The van der Waals surface area contributed by atoms with E-state index in [2.05, 4.69) is 25.9 Å². The van der Waals surface area contributed by atoms with E-state index in [9.17, 15) is 24.6 Å². The Labute approximate surface area is 277 Å². The van der Waals surface area contributed by atoms with Crippen molar-refractivity contribution in [3.8, 4) is 0 Å². The van der Waals surface area contributed by atoms with Crippen LogP contribution in [0.4, 0.5) is 11.6 Å². The lowest BCUT2D eigenvalue weighted by Crippen LogP contribution is -2.35. The highest BCUT2D eigenvalue weighted by atomic mass is 16.5. The minimum Gasteiger partial charge on any atom is -0.390 e. The molecule has 2 aliphatic rings. The summed E-state index contributed by atoms with van der Waals surface area (Å²) in [5, 5.41) is 29.0. The van der Waals surface area contributed by atoms with Gasteiger partial charge in [0.25, 0.3) is 5.91 Å². The van der Waals surface area contributed by atoms with Crippen molar-refractivity contribution in [1.82, 2.24) is 29.7 Å². The van der Waals surface area contributed by atoms with E-state index in [-0.39, 0.29) is 30.1 Å². The lowest BCUT2D eigenvalue weighted by atomic mass is 10.2. The van der Waals surface area contributed by atoms with Crippen LogP contribution in [-0.2, 0) is 18.9 Å². The Hall–Kier alpha value is -4.07. The lowest BCUT2D eigenvalue weighted by molar-refractivity contribution is -0.0196. The summed E-state index contributed by atoms with van der Waals surface area (Å²) in [4.78, 5) is 43.8. The molecule has 48 heavy (non-hydrogen) atoms. The number of carbonyl (C=O) groups excluding carboxylic acids is 1. The summed E-state index contributed by atoms with van der Waals surface area (Å²) in [6, 6.07) is 11.7. The van der Waals surface area contributed by atoms with Gasteiger partial charge in [-0.05, 0) is 24.3 Å². The van der Waals surface area contributed by atoms with Gasteiger partial charge in [0.05, 0.1) is 37.6 Å². The van der Waals surface area contributed by atoms with E-state index in [1.165, 1.54) is 33.7 Å². The van der Waals surface area contributed by atoms with Crippen molar-refractivity contribution in [3.63, 3.8) is 0 Å². The second kappa shape index (κ2) is 18.5. The molecule has 3 aromatic rings. The summed E-state index contributed by atoms with van der Waals surface area (Å²) >= 11 is 0. The highest BCUT2D eigenvalue weighted by molar-refractivity contribution is 6.03. The molecule has 1 amide bonds. The summed E-state index contributed by atoms with van der Waals surface area (Å²) < 4.78 is 24.0. The number of hydrogen-bond acceptors (Lipinski definition) is 14. The molecule has 2 aromatic heterocycles. The topological polar surface area (TPSA) is 226 Å². The fourth-order valence-electron chi connectivity index (χ4n) is 5.10. The first kappa shape index (κ1) is 36.8. The Morgan fingerprint density at radius 2 is 1.38 bits per heavy atom. The second-order valence-electron chi connectivity index (χ2n) is 11.1. The quantitative estimate of drug-likeness (QED) is 0.114. The normalized spacial score (nSPS) is 23.4. The third-order valence-corrected chi connectivity index (χ3v) is 7.64. The van der Waals surface area contributed by atoms with Gasteiger partial charge in [0.2, 0.25) is 0 Å². The molecule has 2 aliphatic heterocycles. The maximum absolute atomic E-state index is 12.4. The molecule has 1 aromatic carbocycles. The van der Waals surface area contributed by atoms with Gasteiger partial charge in [0.1, 0.15) is 24.1 Å². The zero-order chi connectivity index (χ0) is 34.5. The van der Waals surface area contributed by atoms with Crippen LogP contribution in [-0.4, -0.2) is 113 Å².